The normalized spacial score (nSPS) is 10.8. The summed E-state index contributed by atoms with van der Waals surface area (Å²) in [7, 11) is 0. The van der Waals surface area contributed by atoms with Crippen molar-refractivity contribution in [2.24, 2.45) is 0 Å². The van der Waals surface area contributed by atoms with Crippen LogP contribution in [0, 0.1) is 0 Å². The largest absolute Gasteiger partial charge is 0.395 e. The summed E-state index contributed by atoms with van der Waals surface area (Å²) < 4.78 is 0. The van der Waals surface area contributed by atoms with Crippen LogP contribution in [0.1, 0.15) is 35.9 Å². The van der Waals surface area contributed by atoms with Gasteiger partial charge in [0.1, 0.15) is 0 Å². The molecule has 0 bridgehead atoms. The smallest absolute Gasteiger partial charge is 0.280 e. The first kappa shape index (κ1) is 11.2. The van der Waals surface area contributed by atoms with Crippen molar-refractivity contribution in [2.45, 2.75) is 19.8 Å². The van der Waals surface area contributed by atoms with E-state index in [1.54, 1.807) is 12.4 Å². The molecule has 90 valence electrons. The molecule has 7 heteroatoms. The summed E-state index contributed by atoms with van der Waals surface area (Å²) in [5.41, 5.74) is 7.17. The summed E-state index contributed by atoms with van der Waals surface area (Å²) in [6.07, 6.45) is 3.16. The zero-order chi connectivity index (χ0) is 12.4. The van der Waals surface area contributed by atoms with Gasteiger partial charge in [0.25, 0.3) is 5.91 Å². The molecule has 0 aromatic carbocycles. The Kier molecular flexibility index (Phi) is 2.82. The highest BCUT2D eigenvalue weighted by Gasteiger charge is 2.19. The maximum absolute atomic E-state index is 11.8. The Labute approximate surface area is 97.8 Å². The number of nitrogen functional groups attached to an aromatic ring is 1. The van der Waals surface area contributed by atoms with Gasteiger partial charge in [-0.3, -0.25) is 15.2 Å². The van der Waals surface area contributed by atoms with E-state index in [1.807, 2.05) is 13.8 Å². The lowest BCUT2D eigenvalue weighted by Crippen LogP contribution is -2.15. The number of nitrogens with one attached hydrogen (secondary N) is 3. The maximum atomic E-state index is 11.8. The molecule has 0 aliphatic rings. The number of hydrogen-bond acceptors (Lipinski definition) is 4. The quantitative estimate of drug-likeness (QED) is 0.636. The van der Waals surface area contributed by atoms with Crippen molar-refractivity contribution >= 4 is 17.5 Å². The number of rotatable bonds is 3. The number of H-pyrrole nitrogens is 2. The average Bonchev–Trinajstić information content (AvgIpc) is 2.86. The molecule has 2 rings (SSSR count). The Morgan fingerprint density at radius 3 is 2.82 bits per heavy atom. The van der Waals surface area contributed by atoms with Gasteiger partial charge in [0.2, 0.25) is 5.95 Å². The zero-order valence-electron chi connectivity index (χ0n) is 9.61. The van der Waals surface area contributed by atoms with Gasteiger partial charge in [-0.2, -0.15) is 5.10 Å². The third kappa shape index (κ3) is 2.12. The minimum atomic E-state index is -0.388. The molecule has 0 fully saturated rings. The van der Waals surface area contributed by atoms with Crippen molar-refractivity contribution in [1.29, 1.82) is 0 Å². The second kappa shape index (κ2) is 4.28. The van der Waals surface area contributed by atoms with E-state index < -0.39 is 0 Å². The number of hydrogen-bond donors (Lipinski definition) is 4. The highest BCUT2D eigenvalue weighted by molar-refractivity contribution is 6.05. The van der Waals surface area contributed by atoms with Crippen LogP contribution in [0.5, 0.6) is 0 Å². The molecule has 0 aliphatic heterocycles. The highest BCUT2D eigenvalue weighted by atomic mass is 16.2. The Hall–Kier alpha value is -2.31. The number of amides is 1. The average molecular weight is 234 g/mol. The first-order valence-electron chi connectivity index (χ1n) is 5.24. The molecule has 0 aliphatic carbocycles. The van der Waals surface area contributed by atoms with E-state index in [9.17, 15) is 4.79 Å². The van der Waals surface area contributed by atoms with Crippen molar-refractivity contribution in [3.63, 3.8) is 0 Å². The van der Waals surface area contributed by atoms with Gasteiger partial charge < -0.3 is 10.7 Å². The fraction of sp³-hybridized carbons (Fsp3) is 0.300. The molecule has 0 radical (unpaired) electrons. The number of nitrogens with zero attached hydrogens (tertiary/aromatic N) is 2. The number of aromatic nitrogens is 4. The van der Waals surface area contributed by atoms with E-state index >= 15 is 0 Å². The van der Waals surface area contributed by atoms with E-state index in [-0.39, 0.29) is 17.5 Å². The molecule has 2 heterocycles. The van der Waals surface area contributed by atoms with Gasteiger partial charge in [-0.05, 0) is 5.92 Å². The number of aromatic amines is 2. The topological polar surface area (TPSA) is 112 Å². The molecule has 0 spiro atoms. The SMILES string of the molecule is CC(C)c1[nH]nc(C(=O)Nc2ncc[nH]2)c1N. The van der Waals surface area contributed by atoms with Crippen LogP contribution in [-0.4, -0.2) is 26.1 Å². The number of nitrogens with two attached hydrogens (primary N) is 1. The third-order valence-electron chi connectivity index (χ3n) is 2.36. The maximum Gasteiger partial charge on any atom is 0.280 e. The minimum absolute atomic E-state index is 0.185. The lowest BCUT2D eigenvalue weighted by Gasteiger charge is -2.02. The summed E-state index contributed by atoms with van der Waals surface area (Å²) in [5, 5.41) is 9.24. The van der Waals surface area contributed by atoms with E-state index in [0.29, 0.717) is 11.6 Å². The van der Waals surface area contributed by atoms with Gasteiger partial charge in [-0.15, -0.1) is 0 Å². The Bertz CT molecular complexity index is 513. The van der Waals surface area contributed by atoms with E-state index in [2.05, 4.69) is 25.5 Å². The minimum Gasteiger partial charge on any atom is -0.395 e. The second-order valence-corrected chi connectivity index (χ2v) is 3.95. The van der Waals surface area contributed by atoms with Crippen molar-refractivity contribution in [3.8, 4) is 0 Å². The van der Waals surface area contributed by atoms with Gasteiger partial charge in [0.05, 0.1) is 11.4 Å². The van der Waals surface area contributed by atoms with Gasteiger partial charge in [0, 0.05) is 12.4 Å². The van der Waals surface area contributed by atoms with Crippen LogP contribution in [0.3, 0.4) is 0 Å². The van der Waals surface area contributed by atoms with Crippen LogP contribution in [0.15, 0.2) is 12.4 Å². The van der Waals surface area contributed by atoms with Crippen LogP contribution in [0.25, 0.3) is 0 Å². The Morgan fingerprint density at radius 2 is 2.29 bits per heavy atom. The van der Waals surface area contributed by atoms with Gasteiger partial charge in [0.15, 0.2) is 5.69 Å². The van der Waals surface area contributed by atoms with E-state index in [4.69, 9.17) is 5.73 Å². The summed E-state index contributed by atoms with van der Waals surface area (Å²) in [5.74, 6) is 0.164. The summed E-state index contributed by atoms with van der Waals surface area (Å²) in [6, 6.07) is 0. The molecule has 0 saturated heterocycles. The van der Waals surface area contributed by atoms with E-state index in [1.165, 1.54) is 0 Å². The first-order chi connectivity index (χ1) is 8.09. The summed E-state index contributed by atoms with van der Waals surface area (Å²) in [6.45, 7) is 3.94. The molecule has 17 heavy (non-hydrogen) atoms. The zero-order valence-corrected chi connectivity index (χ0v) is 9.61. The lowest BCUT2D eigenvalue weighted by molar-refractivity contribution is 0.102. The van der Waals surface area contributed by atoms with Crippen LogP contribution in [0.2, 0.25) is 0 Å². The molecule has 0 saturated carbocycles. The van der Waals surface area contributed by atoms with Gasteiger partial charge in [-0.1, -0.05) is 13.8 Å². The van der Waals surface area contributed by atoms with Crippen molar-refractivity contribution < 1.29 is 4.79 Å². The monoisotopic (exact) mass is 234 g/mol. The molecule has 7 nitrogen and oxygen atoms in total. The predicted octanol–water partition coefficient (Wildman–Crippen LogP) is 1.09. The number of anilines is 2. The van der Waals surface area contributed by atoms with Gasteiger partial charge >= 0.3 is 0 Å². The first-order valence-corrected chi connectivity index (χ1v) is 5.24. The van der Waals surface area contributed by atoms with E-state index in [0.717, 1.165) is 5.69 Å². The van der Waals surface area contributed by atoms with Crippen molar-refractivity contribution in [2.75, 3.05) is 11.1 Å². The van der Waals surface area contributed by atoms with Gasteiger partial charge in [-0.25, -0.2) is 4.98 Å². The number of carbonyl (C=O) groups is 1. The van der Waals surface area contributed by atoms with Crippen LogP contribution < -0.4 is 11.1 Å². The Balaban J connectivity index is 2.20. The third-order valence-corrected chi connectivity index (χ3v) is 2.36. The summed E-state index contributed by atoms with van der Waals surface area (Å²) in [4.78, 5) is 18.5. The molecular weight excluding hydrogens is 220 g/mol. The highest BCUT2D eigenvalue weighted by Crippen LogP contribution is 2.22. The predicted molar refractivity (Wildman–Crippen MR) is 63.6 cm³/mol. The van der Waals surface area contributed by atoms with Crippen molar-refractivity contribution in [1.82, 2.24) is 20.2 Å². The Morgan fingerprint density at radius 1 is 1.53 bits per heavy atom. The van der Waals surface area contributed by atoms with Crippen LogP contribution in [-0.2, 0) is 0 Å². The fourth-order valence-electron chi connectivity index (χ4n) is 1.48. The molecule has 0 unspecified atom stereocenters. The molecule has 2 aromatic rings. The number of carbonyl (C=O) groups excluding carboxylic acids is 1. The second-order valence-electron chi connectivity index (χ2n) is 3.95. The van der Waals surface area contributed by atoms with Crippen LogP contribution in [0.4, 0.5) is 11.6 Å². The number of imidazole rings is 1. The molecular formula is C10H14N6O. The molecule has 2 aromatic heterocycles. The standard InChI is InChI=1S/C10H14N6O/c1-5(2)7-6(11)8(16-15-7)9(17)14-10-12-3-4-13-10/h3-5H,11H2,1-2H3,(H,15,16)(H2,12,13,14,17). The molecule has 5 N–H and O–H groups in total. The van der Waals surface area contributed by atoms with Crippen LogP contribution >= 0.6 is 0 Å². The van der Waals surface area contributed by atoms with Crippen molar-refractivity contribution in [3.05, 3.63) is 23.8 Å². The molecule has 0 atom stereocenters. The molecule has 1 amide bonds. The lowest BCUT2D eigenvalue weighted by atomic mass is 10.1. The fourth-order valence-corrected chi connectivity index (χ4v) is 1.48. The summed E-state index contributed by atoms with van der Waals surface area (Å²) >= 11 is 0.